The number of rotatable bonds is 10. The molecule has 0 saturated heterocycles. The van der Waals surface area contributed by atoms with E-state index in [0.29, 0.717) is 78.6 Å². The molecule has 3 aliphatic heterocycles. The minimum Gasteiger partial charge on any atom is -0.507 e. The highest BCUT2D eigenvalue weighted by Gasteiger charge is 2.59. The van der Waals surface area contributed by atoms with E-state index in [1.807, 2.05) is 67.6 Å². The van der Waals surface area contributed by atoms with Gasteiger partial charge in [-0.1, -0.05) is 79.8 Å². The van der Waals surface area contributed by atoms with E-state index in [9.17, 15) is 35.1 Å². The number of anilines is 1. The van der Waals surface area contributed by atoms with Gasteiger partial charge in [-0.15, -0.1) is 0 Å². The first-order chi connectivity index (χ1) is 33.7. The van der Waals surface area contributed by atoms with E-state index >= 15 is 4.79 Å². The molecule has 3 aromatic rings. The van der Waals surface area contributed by atoms with E-state index < -0.39 is 53.1 Å². The number of carbonyl (C=O) groups excluding carboxylic acids is 3. The van der Waals surface area contributed by atoms with Crippen LogP contribution in [0.15, 0.2) is 84.5 Å². The van der Waals surface area contributed by atoms with Crippen molar-refractivity contribution in [1.82, 2.24) is 0 Å². The number of phenols is 1. The number of ketones is 1. The summed E-state index contributed by atoms with van der Waals surface area (Å²) in [5, 5.41) is 63.5. The van der Waals surface area contributed by atoms with Crippen molar-refractivity contribution in [2.75, 3.05) is 25.6 Å². The number of fused-ring (bicyclic) bond motifs is 7. The second-order valence-corrected chi connectivity index (χ2v) is 20.9. The molecule has 2 saturated carbocycles. The third kappa shape index (κ3) is 10.1. The quantitative estimate of drug-likeness (QED) is 0.0665. The van der Waals surface area contributed by atoms with Crippen molar-refractivity contribution < 1.29 is 54.1 Å². The molecule has 0 unspecified atom stereocenters. The topological polar surface area (TPSA) is 192 Å². The molecular formula is C58H67NO11. The number of hydrogen-bond acceptors (Lipinski definition) is 12. The van der Waals surface area contributed by atoms with Gasteiger partial charge in [0.2, 0.25) is 0 Å². The molecule has 12 heteroatoms. The van der Waals surface area contributed by atoms with Crippen LogP contribution in [0.3, 0.4) is 0 Å². The van der Waals surface area contributed by atoms with Crippen molar-refractivity contribution in [2.24, 2.45) is 23.7 Å². The lowest BCUT2D eigenvalue weighted by molar-refractivity contribution is -0.212. The highest BCUT2D eigenvalue weighted by atomic mass is 16.6. The fourth-order valence-electron chi connectivity index (χ4n) is 12.5. The molecule has 0 spiro atoms. The molecule has 11 atom stereocenters. The normalized spacial score (nSPS) is 31.1. The van der Waals surface area contributed by atoms with Crippen molar-refractivity contribution in [1.29, 1.82) is 0 Å². The van der Waals surface area contributed by atoms with Crippen LogP contribution in [0.5, 0.6) is 11.5 Å². The fraction of sp³-hybridized carbons (Fsp3) is 0.500. The Morgan fingerprint density at radius 3 is 2.51 bits per heavy atom. The smallest absolute Gasteiger partial charge is 0.334 e. The monoisotopic (exact) mass is 953 g/mol. The number of aliphatic hydroxyl groups is 4. The van der Waals surface area contributed by atoms with Crippen LogP contribution >= 0.6 is 0 Å². The molecule has 9 rings (SSSR count). The zero-order valence-electron chi connectivity index (χ0n) is 40.5. The molecule has 3 aromatic carbocycles. The predicted octanol–water partition coefficient (Wildman–Crippen LogP) is 7.57. The first-order valence-electron chi connectivity index (χ1n) is 25.2. The number of hydrogen-bond donors (Lipinski definition) is 6. The van der Waals surface area contributed by atoms with Gasteiger partial charge in [-0.2, -0.15) is 0 Å². The Hall–Kier alpha value is -5.55. The summed E-state index contributed by atoms with van der Waals surface area (Å²) in [5.41, 5.74) is 2.35. The average Bonchev–Trinajstić information content (AvgIpc) is 3.35. The summed E-state index contributed by atoms with van der Waals surface area (Å²) < 4.78 is 18.1. The Kier molecular flexibility index (Phi) is 14.6. The van der Waals surface area contributed by atoms with Gasteiger partial charge in [0.25, 0.3) is 0 Å². The summed E-state index contributed by atoms with van der Waals surface area (Å²) in [6.07, 6.45) is 10.8. The van der Waals surface area contributed by atoms with Gasteiger partial charge < -0.3 is 45.1 Å². The van der Waals surface area contributed by atoms with Crippen molar-refractivity contribution in [3.63, 3.8) is 0 Å². The predicted molar refractivity (Wildman–Crippen MR) is 264 cm³/mol. The summed E-state index contributed by atoms with van der Waals surface area (Å²) in [5.74, 6) is 2.72. The fourth-order valence-corrected chi connectivity index (χ4v) is 12.5. The van der Waals surface area contributed by atoms with Gasteiger partial charge in [0, 0.05) is 86.1 Å². The number of esters is 2. The standard InChI is InChI=1S/C58H67NO11/c1-4-43-15-16-46-48-25-35-10-8-9-34(21-35)24-45(61)28-42-26-38(40-22-36(32-60)23-44(27-40)59-33-57(2,66)19-20-68-3)13-14-39-31-52(63)70-55-47(39)29-41(54(64)53(55)37-11-6-5-7-12-37)30-51(69-56(42)65)58(43,67)49(46)17-18-50(48)62/h5-11,21-23,27-29,37-39,43,45-46,48-49,51,59-61,64,66-67H,4,12,15-20,24-26,30-33H2,1-3H3/b42-28-/t37-,38-,39-,43+,45+,46-,48+,49+,51-,57+,58+/m1/s1. The Bertz CT molecular complexity index is 2650. The van der Waals surface area contributed by atoms with Gasteiger partial charge >= 0.3 is 11.9 Å². The number of aliphatic hydroxyl groups excluding tert-OH is 2. The molecule has 10 bridgehead atoms. The second kappa shape index (κ2) is 20.7. The molecule has 3 heterocycles. The number of methoxy groups -OCH3 is 1. The Labute approximate surface area is 410 Å². The van der Waals surface area contributed by atoms with Gasteiger partial charge in [-0.25, -0.2) is 4.79 Å². The minimum absolute atomic E-state index is 0.0644. The summed E-state index contributed by atoms with van der Waals surface area (Å²) in [7, 11) is 1.57. The molecule has 3 aliphatic carbocycles. The SMILES string of the molecule is CC[C@H]1CC[C@@H]2[C@@H]3Cc4cccc(c4)C[C@H](O)/C=C4/C[C@H](c5cc(CO)cc(NC[C@@](C)(O)CCOC)c5)C#C[C@@H]5CC(=O)Oc6c5cc(c(O)c6[C@@H]5C=CC=CC5)C[C@@H](OC4=O)[C@@]1(O)[C@H]2CCC3=O. The molecular weight excluding hydrogens is 887 g/mol. The van der Waals surface area contributed by atoms with Gasteiger partial charge in [-0.05, 0) is 115 Å². The van der Waals surface area contributed by atoms with Crippen molar-refractivity contribution >= 4 is 23.4 Å². The van der Waals surface area contributed by atoms with Crippen molar-refractivity contribution in [3.05, 3.63) is 123 Å². The largest absolute Gasteiger partial charge is 0.507 e. The molecule has 6 N–H and O–H groups in total. The third-order valence-corrected chi connectivity index (χ3v) is 16.1. The molecule has 0 radical (unpaired) electrons. The zero-order chi connectivity index (χ0) is 49.3. The van der Waals surface area contributed by atoms with Gasteiger partial charge in [0.1, 0.15) is 29.0 Å². The van der Waals surface area contributed by atoms with E-state index in [1.54, 1.807) is 26.2 Å². The maximum absolute atomic E-state index is 15.4. The highest BCUT2D eigenvalue weighted by molar-refractivity contribution is 5.89. The first-order valence-corrected chi connectivity index (χ1v) is 25.2. The van der Waals surface area contributed by atoms with Gasteiger partial charge in [0.05, 0.1) is 30.7 Å². The number of nitrogens with one attached hydrogen (secondary N) is 1. The van der Waals surface area contributed by atoms with Crippen molar-refractivity contribution in [3.8, 4) is 23.3 Å². The number of Topliss-reactive ketones (excluding diaryl/α,β-unsaturated/α-hetero) is 1. The van der Waals surface area contributed by atoms with E-state index in [4.69, 9.17) is 14.2 Å². The van der Waals surface area contributed by atoms with E-state index in [1.165, 1.54) is 6.08 Å². The number of ether oxygens (including phenoxy) is 3. The lowest BCUT2D eigenvalue weighted by Crippen LogP contribution is -2.63. The molecule has 0 aromatic heterocycles. The summed E-state index contributed by atoms with van der Waals surface area (Å²) in [6.45, 7) is 3.93. The highest BCUT2D eigenvalue weighted by Crippen LogP contribution is 2.55. The maximum Gasteiger partial charge on any atom is 0.334 e. The van der Waals surface area contributed by atoms with E-state index in [2.05, 4.69) is 17.2 Å². The number of carbonyl (C=O) groups is 3. The third-order valence-electron chi connectivity index (χ3n) is 16.1. The molecule has 12 nitrogen and oxygen atoms in total. The first kappa shape index (κ1) is 49.4. The Morgan fingerprint density at radius 2 is 1.76 bits per heavy atom. The van der Waals surface area contributed by atoms with Crippen LogP contribution in [-0.4, -0.2) is 86.9 Å². The minimum atomic E-state index is -1.64. The molecule has 0 amide bonds. The van der Waals surface area contributed by atoms with E-state index in [0.717, 1.165) is 17.5 Å². The van der Waals surface area contributed by atoms with Crippen LogP contribution in [0, 0.1) is 35.5 Å². The number of benzene rings is 3. The number of aromatic hydroxyl groups is 1. The maximum atomic E-state index is 15.4. The van der Waals surface area contributed by atoms with Crippen LogP contribution in [-0.2, 0) is 49.7 Å². The molecule has 70 heavy (non-hydrogen) atoms. The molecule has 2 fully saturated rings. The zero-order valence-corrected chi connectivity index (χ0v) is 40.5. The van der Waals surface area contributed by atoms with Crippen LogP contribution in [0.2, 0.25) is 0 Å². The van der Waals surface area contributed by atoms with Crippen LogP contribution < -0.4 is 10.1 Å². The summed E-state index contributed by atoms with van der Waals surface area (Å²) in [4.78, 5) is 43.2. The van der Waals surface area contributed by atoms with Crippen LogP contribution in [0.1, 0.15) is 128 Å². The van der Waals surface area contributed by atoms with Crippen molar-refractivity contribution in [2.45, 2.75) is 139 Å². The lowest BCUT2D eigenvalue weighted by Gasteiger charge is -2.56. The van der Waals surface area contributed by atoms with Gasteiger partial charge in [-0.3, -0.25) is 9.59 Å². The van der Waals surface area contributed by atoms with E-state index in [-0.39, 0.29) is 91.8 Å². The van der Waals surface area contributed by atoms with Crippen LogP contribution in [0.4, 0.5) is 5.69 Å². The molecule has 6 aliphatic rings. The molecule has 370 valence electrons. The number of allylic oxidation sites excluding steroid dienone is 4. The number of phenolic OH excluding ortho intramolecular Hbond substituents is 1. The Morgan fingerprint density at radius 1 is 0.957 bits per heavy atom. The van der Waals surface area contributed by atoms with Crippen LogP contribution in [0.25, 0.3) is 0 Å². The summed E-state index contributed by atoms with van der Waals surface area (Å²) in [6, 6.07) is 15.1. The average molecular weight is 954 g/mol. The lowest BCUT2D eigenvalue weighted by atomic mass is 9.53. The Balaban J connectivity index is 1.26. The second-order valence-electron chi connectivity index (χ2n) is 20.9. The van der Waals surface area contributed by atoms with Gasteiger partial charge in [0.15, 0.2) is 0 Å². The summed E-state index contributed by atoms with van der Waals surface area (Å²) >= 11 is 0.